The maximum atomic E-state index is 12.6. The van der Waals surface area contributed by atoms with Crippen molar-refractivity contribution in [1.82, 2.24) is 14.6 Å². The Morgan fingerprint density at radius 3 is 2.66 bits per heavy atom. The smallest absolute Gasteiger partial charge is 0.410 e. The molecular formula is C14H24N4O8S3. The average molecular weight is 473 g/mol. The topological polar surface area (TPSA) is 163 Å². The van der Waals surface area contributed by atoms with Crippen molar-refractivity contribution in [1.29, 1.82) is 0 Å². The summed E-state index contributed by atoms with van der Waals surface area (Å²) in [6, 6.07) is 0.860. The van der Waals surface area contributed by atoms with Crippen LogP contribution in [0.15, 0.2) is 14.5 Å². The van der Waals surface area contributed by atoms with E-state index < -0.39 is 33.1 Å². The van der Waals surface area contributed by atoms with E-state index in [2.05, 4.69) is 4.84 Å². The number of nitrogens with two attached hydrogens (primary N) is 1. The maximum Gasteiger partial charge on any atom is 0.410 e. The molecule has 0 fully saturated rings. The number of unbranched alkanes of at least 4 members (excludes halogenated alkanes) is 1. The summed E-state index contributed by atoms with van der Waals surface area (Å²) in [7, 11) is -4.17. The van der Waals surface area contributed by atoms with Gasteiger partial charge in [-0.2, -0.15) is 4.31 Å². The molecule has 0 aromatic carbocycles. The molecule has 29 heavy (non-hydrogen) atoms. The number of likely N-dealkylation sites (N-methyl/N-ethyl adjacent to an activating group) is 2. The van der Waals surface area contributed by atoms with Gasteiger partial charge in [-0.25, -0.2) is 22.6 Å². The minimum absolute atomic E-state index is 0.0195. The molecule has 0 saturated heterocycles. The van der Waals surface area contributed by atoms with Gasteiger partial charge in [0.2, 0.25) is 0 Å². The zero-order valence-electron chi connectivity index (χ0n) is 15.9. The molecule has 1 aliphatic rings. The number of thiophene rings is 1. The number of hydrogen-bond acceptors (Lipinski definition) is 10. The lowest BCUT2D eigenvalue weighted by atomic mass is 10.1. The molecule has 1 aromatic heterocycles. The third-order valence-corrected chi connectivity index (χ3v) is 8.81. The standard InChI is InChI=1S/C14H24N4O8S3/c1-3-17(14(19)25-6-4-5-7-26-18(20)21)11-9-16(2)29(23,24)13-10(11)8-12(27-13)28(15)22/h8,11,20-21H,3-7,9,15H2,1-2H3/t11-,28?/m0/s1. The summed E-state index contributed by atoms with van der Waals surface area (Å²) >= 11 is 0.834. The second-order valence-corrected chi connectivity index (χ2v) is 10.7. The molecule has 2 atom stereocenters. The van der Waals surface area contributed by atoms with E-state index in [9.17, 15) is 17.4 Å². The number of ether oxygens (including phenoxy) is 1. The quantitative estimate of drug-likeness (QED) is 0.346. The van der Waals surface area contributed by atoms with Gasteiger partial charge >= 0.3 is 6.09 Å². The minimum atomic E-state index is -3.74. The Bertz CT molecular complexity index is 844. The Morgan fingerprint density at radius 1 is 1.41 bits per heavy atom. The van der Waals surface area contributed by atoms with Crippen LogP contribution in [0.25, 0.3) is 0 Å². The number of carbonyl (C=O) groups is 1. The van der Waals surface area contributed by atoms with Crippen LogP contribution >= 0.6 is 11.3 Å². The van der Waals surface area contributed by atoms with E-state index in [1.165, 1.54) is 18.0 Å². The summed E-state index contributed by atoms with van der Waals surface area (Å²) in [4.78, 5) is 18.4. The molecule has 1 amide bonds. The normalized spacial score (nSPS) is 19.7. The Labute approximate surface area is 174 Å². The summed E-state index contributed by atoms with van der Waals surface area (Å²) in [6.07, 6.45) is 0.224. The SMILES string of the molecule is CCN(C(=O)OCCCCON(O)O)[C@H]1CN(C)S(=O)(=O)c2sc(S(N)=O)cc21. The zero-order valence-corrected chi connectivity index (χ0v) is 18.3. The first kappa shape index (κ1) is 24.1. The first-order chi connectivity index (χ1) is 13.6. The monoisotopic (exact) mass is 472 g/mol. The molecule has 0 saturated carbocycles. The van der Waals surface area contributed by atoms with Crippen molar-refractivity contribution < 1.29 is 37.4 Å². The summed E-state index contributed by atoms with van der Waals surface area (Å²) in [5.41, 5.74) is 0.375. The van der Waals surface area contributed by atoms with Gasteiger partial charge in [-0.05, 0) is 25.8 Å². The van der Waals surface area contributed by atoms with Crippen molar-refractivity contribution in [3.63, 3.8) is 0 Å². The summed E-state index contributed by atoms with van der Waals surface area (Å²) in [6.45, 7) is 2.14. The highest BCUT2D eigenvalue weighted by Crippen LogP contribution is 2.41. The number of amides is 1. The van der Waals surface area contributed by atoms with Crippen LogP contribution in [0.1, 0.15) is 31.4 Å². The van der Waals surface area contributed by atoms with Gasteiger partial charge in [0, 0.05) is 25.7 Å². The first-order valence-electron chi connectivity index (χ1n) is 8.60. The number of hydrogen-bond donors (Lipinski definition) is 3. The molecule has 1 unspecified atom stereocenters. The number of fused-ring (bicyclic) bond motifs is 1. The Kier molecular flexibility index (Phi) is 8.50. The summed E-state index contributed by atoms with van der Waals surface area (Å²) in [5, 5.41) is 21.9. The highest BCUT2D eigenvalue weighted by molar-refractivity contribution is 7.92. The number of carbonyl (C=O) groups excluding carboxylic acids is 1. The van der Waals surface area contributed by atoms with Crippen molar-refractivity contribution in [3.05, 3.63) is 11.6 Å². The van der Waals surface area contributed by atoms with Crippen LogP contribution in [-0.4, -0.2) is 77.1 Å². The fourth-order valence-corrected chi connectivity index (χ4v) is 6.66. The average Bonchev–Trinajstić information content (AvgIpc) is 3.10. The number of sulfonamides is 1. The Morgan fingerprint density at radius 2 is 2.07 bits per heavy atom. The molecular weight excluding hydrogens is 448 g/mol. The number of rotatable bonds is 9. The van der Waals surface area contributed by atoms with Crippen molar-refractivity contribution in [2.24, 2.45) is 5.14 Å². The molecule has 0 bridgehead atoms. The molecule has 0 radical (unpaired) electrons. The third kappa shape index (κ3) is 5.71. The van der Waals surface area contributed by atoms with Crippen molar-refractivity contribution in [2.75, 3.05) is 33.4 Å². The van der Waals surface area contributed by atoms with Gasteiger partial charge < -0.3 is 9.64 Å². The highest BCUT2D eigenvalue weighted by atomic mass is 32.3. The molecule has 15 heteroatoms. The molecule has 166 valence electrons. The van der Waals surface area contributed by atoms with Gasteiger partial charge in [-0.15, -0.1) is 11.3 Å². The van der Waals surface area contributed by atoms with Gasteiger partial charge in [0.05, 0.1) is 24.6 Å². The predicted octanol–water partition coefficient (Wildman–Crippen LogP) is 0.655. The van der Waals surface area contributed by atoms with Crippen molar-refractivity contribution in [3.8, 4) is 0 Å². The number of nitrogens with zero attached hydrogens (tertiary/aromatic N) is 3. The van der Waals surface area contributed by atoms with Gasteiger partial charge in [-0.3, -0.25) is 15.3 Å². The van der Waals surface area contributed by atoms with E-state index in [1.807, 2.05) is 0 Å². The molecule has 2 heterocycles. The van der Waals surface area contributed by atoms with Crippen LogP contribution < -0.4 is 5.14 Å². The predicted molar refractivity (Wildman–Crippen MR) is 102 cm³/mol. The van der Waals surface area contributed by atoms with Crippen LogP contribution in [0.3, 0.4) is 0 Å². The Hall–Kier alpha value is -1.17. The van der Waals surface area contributed by atoms with E-state index in [0.717, 1.165) is 15.6 Å². The van der Waals surface area contributed by atoms with E-state index in [1.54, 1.807) is 6.92 Å². The lowest BCUT2D eigenvalue weighted by molar-refractivity contribution is -0.492. The van der Waals surface area contributed by atoms with Gasteiger partial charge in [0.15, 0.2) is 0 Å². The van der Waals surface area contributed by atoms with Crippen LogP contribution in [0, 0.1) is 0 Å². The first-order valence-corrected chi connectivity index (χ1v) is 12.1. The summed E-state index contributed by atoms with van der Waals surface area (Å²) in [5.74, 6) is 0. The zero-order chi connectivity index (χ0) is 21.8. The van der Waals surface area contributed by atoms with E-state index in [-0.39, 0.29) is 40.1 Å². The second kappa shape index (κ2) is 10.2. The van der Waals surface area contributed by atoms with E-state index in [4.69, 9.17) is 20.3 Å². The second-order valence-electron chi connectivity index (χ2n) is 6.10. The van der Waals surface area contributed by atoms with Gasteiger partial charge in [0.25, 0.3) is 10.0 Å². The molecule has 2 rings (SSSR count). The minimum Gasteiger partial charge on any atom is -0.449 e. The maximum absolute atomic E-state index is 12.6. The van der Waals surface area contributed by atoms with Crippen LogP contribution in [0.4, 0.5) is 4.79 Å². The molecule has 12 nitrogen and oxygen atoms in total. The molecule has 0 aliphatic carbocycles. The van der Waals surface area contributed by atoms with Crippen LogP contribution in [0.2, 0.25) is 0 Å². The fourth-order valence-electron chi connectivity index (χ4n) is 2.82. The molecule has 4 N–H and O–H groups in total. The van der Waals surface area contributed by atoms with Crippen molar-refractivity contribution in [2.45, 2.75) is 34.2 Å². The molecule has 1 aliphatic heterocycles. The van der Waals surface area contributed by atoms with E-state index >= 15 is 0 Å². The largest absolute Gasteiger partial charge is 0.449 e. The van der Waals surface area contributed by atoms with Crippen LogP contribution in [-0.2, 0) is 30.6 Å². The Balaban J connectivity index is 2.12. The lowest BCUT2D eigenvalue weighted by Crippen LogP contribution is -2.45. The molecule has 0 spiro atoms. The fraction of sp³-hybridized carbons (Fsp3) is 0.643. The molecule has 1 aromatic rings. The van der Waals surface area contributed by atoms with Crippen LogP contribution in [0.5, 0.6) is 0 Å². The van der Waals surface area contributed by atoms with Crippen molar-refractivity contribution >= 4 is 38.4 Å². The lowest BCUT2D eigenvalue weighted by Gasteiger charge is -2.36. The highest BCUT2D eigenvalue weighted by Gasteiger charge is 2.41. The third-order valence-electron chi connectivity index (χ3n) is 4.26. The van der Waals surface area contributed by atoms with Gasteiger partial charge in [-0.1, -0.05) is 0 Å². The van der Waals surface area contributed by atoms with Gasteiger partial charge in [0.1, 0.15) is 19.4 Å². The summed E-state index contributed by atoms with van der Waals surface area (Å²) < 4.78 is 43.5. The van der Waals surface area contributed by atoms with E-state index in [0.29, 0.717) is 18.4 Å².